The fourth-order valence-corrected chi connectivity index (χ4v) is 3.07. The van der Waals surface area contributed by atoms with Crippen molar-refractivity contribution in [1.82, 2.24) is 20.8 Å². The molecule has 3 N–H and O–H groups in total. The number of fused-ring (bicyclic) bond motifs is 1. The second-order valence-corrected chi connectivity index (χ2v) is 7.06. The Morgan fingerprint density at radius 2 is 1.56 bits per heavy atom. The SMILES string of the molecule is C[C@@H](Oc1ccc(C(=O)c2ccccc2)cc1)C(=O)NNC(=O)c1ccc2nc[nH]c2c1. The Labute approximate surface area is 183 Å². The van der Waals surface area contributed by atoms with Gasteiger partial charge in [0.1, 0.15) is 5.75 Å². The molecule has 1 heterocycles. The summed E-state index contributed by atoms with van der Waals surface area (Å²) in [7, 11) is 0. The van der Waals surface area contributed by atoms with Crippen LogP contribution in [0.5, 0.6) is 5.75 Å². The van der Waals surface area contributed by atoms with Crippen molar-refractivity contribution in [2.45, 2.75) is 13.0 Å². The lowest BCUT2D eigenvalue weighted by Crippen LogP contribution is -2.47. The highest BCUT2D eigenvalue weighted by molar-refractivity contribution is 6.09. The van der Waals surface area contributed by atoms with E-state index in [1.54, 1.807) is 73.7 Å². The highest BCUT2D eigenvalue weighted by atomic mass is 16.5. The monoisotopic (exact) mass is 428 g/mol. The summed E-state index contributed by atoms with van der Waals surface area (Å²) in [4.78, 5) is 44.1. The van der Waals surface area contributed by atoms with Gasteiger partial charge in [0.25, 0.3) is 11.8 Å². The maximum atomic E-state index is 12.5. The Hall–Kier alpha value is -4.46. The lowest BCUT2D eigenvalue weighted by molar-refractivity contribution is -0.128. The van der Waals surface area contributed by atoms with Crippen molar-refractivity contribution in [3.8, 4) is 5.75 Å². The van der Waals surface area contributed by atoms with Crippen LogP contribution in [-0.2, 0) is 4.79 Å². The molecule has 160 valence electrons. The van der Waals surface area contributed by atoms with E-state index in [0.29, 0.717) is 22.4 Å². The topological polar surface area (TPSA) is 113 Å². The molecule has 0 saturated heterocycles. The fraction of sp³-hybridized carbons (Fsp3) is 0.0833. The molecule has 8 heteroatoms. The van der Waals surface area contributed by atoms with E-state index in [1.807, 2.05) is 6.07 Å². The van der Waals surface area contributed by atoms with Crippen LogP contribution in [0.3, 0.4) is 0 Å². The highest BCUT2D eigenvalue weighted by Gasteiger charge is 2.17. The predicted octanol–water partition coefficient (Wildman–Crippen LogP) is 3.02. The summed E-state index contributed by atoms with van der Waals surface area (Å²) in [5.74, 6) is -0.663. The first-order chi connectivity index (χ1) is 15.5. The summed E-state index contributed by atoms with van der Waals surface area (Å²) >= 11 is 0. The molecule has 0 unspecified atom stereocenters. The number of imidazole rings is 1. The first-order valence-corrected chi connectivity index (χ1v) is 9.91. The van der Waals surface area contributed by atoms with Crippen LogP contribution in [0.4, 0.5) is 0 Å². The van der Waals surface area contributed by atoms with Gasteiger partial charge in [0, 0.05) is 16.7 Å². The van der Waals surface area contributed by atoms with Crippen LogP contribution in [0.1, 0.15) is 33.2 Å². The Balaban J connectivity index is 1.31. The lowest BCUT2D eigenvalue weighted by atomic mass is 10.0. The Morgan fingerprint density at radius 3 is 2.31 bits per heavy atom. The van der Waals surface area contributed by atoms with Gasteiger partial charge in [-0.2, -0.15) is 0 Å². The number of amides is 2. The van der Waals surface area contributed by atoms with Gasteiger partial charge in [-0.1, -0.05) is 30.3 Å². The number of H-pyrrole nitrogens is 1. The van der Waals surface area contributed by atoms with E-state index in [0.717, 1.165) is 11.0 Å². The number of hydrogen-bond donors (Lipinski definition) is 3. The van der Waals surface area contributed by atoms with Gasteiger partial charge in [-0.3, -0.25) is 25.2 Å². The van der Waals surface area contributed by atoms with Gasteiger partial charge in [0.05, 0.1) is 17.4 Å². The van der Waals surface area contributed by atoms with Crippen molar-refractivity contribution >= 4 is 28.6 Å². The van der Waals surface area contributed by atoms with Gasteiger partial charge >= 0.3 is 0 Å². The first-order valence-electron chi connectivity index (χ1n) is 9.91. The molecule has 0 aliphatic carbocycles. The molecular weight excluding hydrogens is 408 g/mol. The minimum Gasteiger partial charge on any atom is -0.481 e. The van der Waals surface area contributed by atoms with Gasteiger partial charge in [-0.05, 0) is 49.4 Å². The molecule has 0 radical (unpaired) electrons. The Morgan fingerprint density at radius 1 is 0.875 bits per heavy atom. The third kappa shape index (κ3) is 4.65. The van der Waals surface area contributed by atoms with Crippen LogP contribution in [0.25, 0.3) is 11.0 Å². The van der Waals surface area contributed by atoms with Gasteiger partial charge in [-0.15, -0.1) is 0 Å². The molecule has 8 nitrogen and oxygen atoms in total. The standard InChI is InChI=1S/C24H20N4O4/c1-15(23(30)27-28-24(31)18-9-12-20-21(13-18)26-14-25-20)32-19-10-7-17(8-11-19)22(29)16-5-3-2-4-6-16/h2-15H,1H3,(H,25,26)(H,27,30)(H,28,31)/t15-/m1/s1. The highest BCUT2D eigenvalue weighted by Crippen LogP contribution is 2.17. The molecule has 1 atom stereocenters. The van der Waals surface area contributed by atoms with Crippen molar-refractivity contribution in [2.75, 3.05) is 0 Å². The van der Waals surface area contributed by atoms with Crippen LogP contribution in [0.2, 0.25) is 0 Å². The number of hydrogen-bond acceptors (Lipinski definition) is 5. The average Bonchev–Trinajstić information content (AvgIpc) is 3.31. The largest absolute Gasteiger partial charge is 0.481 e. The molecule has 0 aliphatic heterocycles. The number of nitrogens with one attached hydrogen (secondary N) is 3. The van der Waals surface area contributed by atoms with E-state index >= 15 is 0 Å². The Kier molecular flexibility index (Phi) is 5.94. The molecule has 4 aromatic rings. The van der Waals surface area contributed by atoms with Crippen molar-refractivity contribution in [2.24, 2.45) is 0 Å². The van der Waals surface area contributed by atoms with Gasteiger partial charge < -0.3 is 9.72 Å². The van der Waals surface area contributed by atoms with Crippen molar-refractivity contribution < 1.29 is 19.1 Å². The van der Waals surface area contributed by atoms with Gasteiger partial charge in [-0.25, -0.2) is 4.98 Å². The zero-order valence-electron chi connectivity index (χ0n) is 17.2. The maximum Gasteiger partial charge on any atom is 0.279 e. The average molecular weight is 428 g/mol. The van der Waals surface area contributed by atoms with E-state index in [9.17, 15) is 14.4 Å². The van der Waals surface area contributed by atoms with E-state index in [2.05, 4.69) is 20.8 Å². The zero-order chi connectivity index (χ0) is 22.5. The van der Waals surface area contributed by atoms with Gasteiger partial charge in [0.15, 0.2) is 11.9 Å². The Bertz CT molecular complexity index is 1270. The summed E-state index contributed by atoms with van der Waals surface area (Å²) < 4.78 is 5.61. The summed E-state index contributed by atoms with van der Waals surface area (Å²) in [6.45, 7) is 1.56. The number of carbonyl (C=O) groups excluding carboxylic acids is 3. The molecule has 3 aromatic carbocycles. The molecule has 0 aliphatic rings. The molecule has 32 heavy (non-hydrogen) atoms. The maximum absolute atomic E-state index is 12.5. The van der Waals surface area contributed by atoms with E-state index in [1.165, 1.54) is 6.33 Å². The molecule has 4 rings (SSSR count). The molecule has 0 spiro atoms. The lowest BCUT2D eigenvalue weighted by Gasteiger charge is -2.15. The van der Waals surface area contributed by atoms with Gasteiger partial charge in [0.2, 0.25) is 0 Å². The molecule has 0 saturated carbocycles. The predicted molar refractivity (Wildman–Crippen MR) is 118 cm³/mol. The summed E-state index contributed by atoms with van der Waals surface area (Å²) in [6.07, 6.45) is 0.665. The van der Waals surface area contributed by atoms with Crippen LogP contribution in [-0.4, -0.2) is 33.7 Å². The number of rotatable bonds is 6. The fourth-order valence-electron chi connectivity index (χ4n) is 3.07. The molecule has 0 fully saturated rings. The van der Waals surface area contributed by atoms with Crippen LogP contribution >= 0.6 is 0 Å². The molecular formula is C24H20N4O4. The first kappa shape index (κ1) is 20.8. The number of ether oxygens (including phenoxy) is 1. The molecule has 2 amide bonds. The van der Waals surface area contributed by atoms with Crippen molar-refractivity contribution in [3.05, 3.63) is 95.8 Å². The van der Waals surface area contributed by atoms with Crippen LogP contribution in [0.15, 0.2) is 79.1 Å². The summed E-state index contributed by atoms with van der Waals surface area (Å²) in [5.41, 5.74) is 7.65. The van der Waals surface area contributed by atoms with Crippen molar-refractivity contribution in [3.63, 3.8) is 0 Å². The second kappa shape index (κ2) is 9.13. The number of benzene rings is 3. The normalized spacial score (nSPS) is 11.5. The zero-order valence-corrected chi connectivity index (χ0v) is 17.2. The minimum absolute atomic E-state index is 0.0982. The number of carbonyl (C=O) groups is 3. The van der Waals surface area contributed by atoms with Crippen molar-refractivity contribution in [1.29, 1.82) is 0 Å². The third-order valence-electron chi connectivity index (χ3n) is 4.82. The van der Waals surface area contributed by atoms with E-state index in [-0.39, 0.29) is 5.78 Å². The molecule has 0 bridgehead atoms. The van der Waals surface area contributed by atoms with E-state index < -0.39 is 17.9 Å². The number of nitrogens with zero attached hydrogens (tertiary/aromatic N) is 1. The number of aromatic amines is 1. The summed E-state index contributed by atoms with van der Waals surface area (Å²) in [5, 5.41) is 0. The van der Waals surface area contributed by atoms with E-state index in [4.69, 9.17) is 4.74 Å². The van der Waals surface area contributed by atoms with Crippen LogP contribution in [0, 0.1) is 0 Å². The van der Waals surface area contributed by atoms with Crippen LogP contribution < -0.4 is 15.6 Å². The number of ketones is 1. The smallest absolute Gasteiger partial charge is 0.279 e. The third-order valence-corrected chi connectivity index (χ3v) is 4.82. The minimum atomic E-state index is -0.874. The summed E-state index contributed by atoms with van der Waals surface area (Å²) in [6, 6.07) is 20.5. The molecule has 1 aromatic heterocycles. The number of aromatic nitrogens is 2. The number of hydrazine groups is 1. The second-order valence-electron chi connectivity index (χ2n) is 7.06. The quantitative estimate of drug-likeness (QED) is 0.323.